The number of anilines is 1. The molecular weight excluding hydrogens is 386 g/mol. The molecule has 1 aromatic heterocycles. The van der Waals surface area contributed by atoms with Gasteiger partial charge in [0, 0.05) is 17.4 Å². The summed E-state index contributed by atoms with van der Waals surface area (Å²) in [6, 6.07) is 17.5. The molecule has 1 N–H and O–H groups in total. The molecule has 1 amide bonds. The third-order valence-corrected chi connectivity index (χ3v) is 4.90. The molecule has 1 heterocycles. The largest absolute Gasteiger partial charge is 0.461 e. The summed E-state index contributed by atoms with van der Waals surface area (Å²) in [7, 11) is 0. The third kappa shape index (κ3) is 5.20. The van der Waals surface area contributed by atoms with E-state index in [4.69, 9.17) is 4.74 Å². The normalized spacial score (nSPS) is 10.4. The van der Waals surface area contributed by atoms with E-state index in [-0.39, 0.29) is 24.0 Å². The van der Waals surface area contributed by atoms with Gasteiger partial charge >= 0.3 is 5.97 Å². The van der Waals surface area contributed by atoms with Crippen molar-refractivity contribution in [1.82, 2.24) is 9.97 Å². The highest BCUT2D eigenvalue weighted by molar-refractivity contribution is 7.99. The number of benzene rings is 2. The van der Waals surface area contributed by atoms with Crippen molar-refractivity contribution >= 4 is 29.5 Å². The minimum absolute atomic E-state index is 0.0185. The SMILES string of the molecule is CCOC(=O)c1nc(-c2ccc(C)cc2)c(Sc2ccccc2)nc1NC(C)=O. The highest BCUT2D eigenvalue weighted by Crippen LogP contribution is 2.35. The Morgan fingerprint density at radius 1 is 1.03 bits per heavy atom. The summed E-state index contributed by atoms with van der Waals surface area (Å²) in [6.07, 6.45) is 0. The summed E-state index contributed by atoms with van der Waals surface area (Å²) in [5.41, 5.74) is 2.46. The van der Waals surface area contributed by atoms with Crippen molar-refractivity contribution < 1.29 is 14.3 Å². The van der Waals surface area contributed by atoms with Gasteiger partial charge in [0.1, 0.15) is 10.7 Å². The quantitative estimate of drug-likeness (QED) is 0.595. The number of amides is 1. The number of rotatable bonds is 6. The Morgan fingerprint density at radius 2 is 1.72 bits per heavy atom. The lowest BCUT2D eigenvalue weighted by molar-refractivity contribution is -0.114. The zero-order valence-corrected chi connectivity index (χ0v) is 17.2. The molecule has 7 heteroatoms. The maximum atomic E-state index is 12.5. The number of nitrogens with zero attached hydrogens (tertiary/aromatic N) is 2. The van der Waals surface area contributed by atoms with E-state index in [1.807, 2.05) is 61.5 Å². The summed E-state index contributed by atoms with van der Waals surface area (Å²) < 4.78 is 5.12. The number of carbonyl (C=O) groups excluding carboxylic acids is 2. The molecule has 148 valence electrons. The lowest BCUT2D eigenvalue weighted by Gasteiger charge is -2.14. The van der Waals surface area contributed by atoms with Crippen LogP contribution in [0, 0.1) is 6.92 Å². The van der Waals surface area contributed by atoms with Crippen molar-refractivity contribution in [2.24, 2.45) is 0 Å². The molecule has 0 spiro atoms. The van der Waals surface area contributed by atoms with Gasteiger partial charge in [0.2, 0.25) is 5.91 Å². The van der Waals surface area contributed by atoms with Gasteiger partial charge in [-0.05, 0) is 26.0 Å². The van der Waals surface area contributed by atoms with Gasteiger partial charge < -0.3 is 10.1 Å². The summed E-state index contributed by atoms with van der Waals surface area (Å²) >= 11 is 1.41. The zero-order chi connectivity index (χ0) is 20.8. The van der Waals surface area contributed by atoms with Crippen LogP contribution in [-0.4, -0.2) is 28.5 Å². The summed E-state index contributed by atoms with van der Waals surface area (Å²) in [4.78, 5) is 34.3. The summed E-state index contributed by atoms with van der Waals surface area (Å²) in [6.45, 7) is 5.26. The first-order valence-electron chi connectivity index (χ1n) is 9.14. The van der Waals surface area contributed by atoms with Crippen LogP contribution in [0.2, 0.25) is 0 Å². The van der Waals surface area contributed by atoms with Gasteiger partial charge in [-0.3, -0.25) is 4.79 Å². The van der Waals surface area contributed by atoms with Crippen molar-refractivity contribution in [3.8, 4) is 11.3 Å². The van der Waals surface area contributed by atoms with Crippen LogP contribution in [0.5, 0.6) is 0 Å². The van der Waals surface area contributed by atoms with Crippen LogP contribution in [0.1, 0.15) is 29.9 Å². The van der Waals surface area contributed by atoms with Gasteiger partial charge in [-0.15, -0.1) is 0 Å². The topological polar surface area (TPSA) is 81.2 Å². The van der Waals surface area contributed by atoms with E-state index in [1.165, 1.54) is 18.7 Å². The Labute approximate surface area is 173 Å². The van der Waals surface area contributed by atoms with E-state index in [1.54, 1.807) is 6.92 Å². The second-order valence-corrected chi connectivity index (χ2v) is 7.32. The highest BCUT2D eigenvalue weighted by Gasteiger charge is 2.22. The molecule has 6 nitrogen and oxygen atoms in total. The van der Waals surface area contributed by atoms with Crippen LogP contribution in [-0.2, 0) is 9.53 Å². The number of hydrogen-bond donors (Lipinski definition) is 1. The van der Waals surface area contributed by atoms with Crippen LogP contribution in [0.15, 0.2) is 64.5 Å². The molecule has 2 aromatic carbocycles. The zero-order valence-electron chi connectivity index (χ0n) is 16.4. The molecule has 0 fully saturated rings. The first kappa shape index (κ1) is 20.5. The number of nitrogens with one attached hydrogen (secondary N) is 1. The third-order valence-electron chi connectivity index (χ3n) is 3.91. The standard InChI is InChI=1S/C22H21N3O3S/c1-4-28-22(27)19-20(23-15(3)26)25-21(29-17-8-6-5-7-9-17)18(24-19)16-12-10-14(2)11-13-16/h5-13H,4H2,1-3H3,(H,23,25,26). The lowest BCUT2D eigenvalue weighted by Crippen LogP contribution is -2.17. The van der Waals surface area contributed by atoms with Crippen LogP contribution >= 0.6 is 11.8 Å². The monoisotopic (exact) mass is 407 g/mol. The Balaban J connectivity index is 2.18. The van der Waals surface area contributed by atoms with Crippen molar-refractivity contribution in [3.05, 3.63) is 65.9 Å². The number of hydrogen-bond acceptors (Lipinski definition) is 6. The van der Waals surface area contributed by atoms with Gasteiger partial charge in [-0.1, -0.05) is 59.8 Å². The summed E-state index contributed by atoms with van der Waals surface area (Å²) in [5.74, 6) is -0.887. The number of aromatic nitrogens is 2. The van der Waals surface area contributed by atoms with Gasteiger partial charge in [-0.25, -0.2) is 14.8 Å². The van der Waals surface area contributed by atoms with Gasteiger partial charge in [0.05, 0.1) is 6.61 Å². The molecule has 3 rings (SSSR count). The molecule has 0 atom stereocenters. The van der Waals surface area contributed by atoms with Crippen molar-refractivity contribution in [2.45, 2.75) is 30.7 Å². The summed E-state index contributed by atoms with van der Waals surface area (Å²) in [5, 5.41) is 3.18. The highest BCUT2D eigenvalue weighted by atomic mass is 32.2. The predicted molar refractivity (Wildman–Crippen MR) is 113 cm³/mol. The minimum Gasteiger partial charge on any atom is -0.461 e. The van der Waals surface area contributed by atoms with E-state index >= 15 is 0 Å². The van der Waals surface area contributed by atoms with Crippen molar-refractivity contribution in [2.75, 3.05) is 11.9 Å². The van der Waals surface area contributed by atoms with Crippen LogP contribution < -0.4 is 5.32 Å². The molecule has 0 bridgehead atoms. The van der Waals surface area contributed by atoms with E-state index in [9.17, 15) is 9.59 Å². The Bertz CT molecular complexity index is 1020. The molecule has 0 saturated carbocycles. The first-order valence-corrected chi connectivity index (χ1v) is 9.96. The average Bonchev–Trinajstić information content (AvgIpc) is 2.69. The fourth-order valence-electron chi connectivity index (χ4n) is 2.59. The maximum absolute atomic E-state index is 12.5. The molecule has 3 aromatic rings. The second kappa shape index (κ2) is 9.34. The first-order chi connectivity index (χ1) is 14.0. The molecule has 29 heavy (non-hydrogen) atoms. The van der Waals surface area contributed by atoms with Crippen molar-refractivity contribution in [3.63, 3.8) is 0 Å². The number of esters is 1. The van der Waals surface area contributed by atoms with Crippen LogP contribution in [0.4, 0.5) is 5.82 Å². The average molecular weight is 407 g/mol. The number of carbonyl (C=O) groups is 2. The van der Waals surface area contributed by atoms with Crippen LogP contribution in [0.25, 0.3) is 11.3 Å². The van der Waals surface area contributed by atoms with E-state index in [0.29, 0.717) is 10.7 Å². The maximum Gasteiger partial charge on any atom is 0.360 e. The Morgan fingerprint density at radius 3 is 2.34 bits per heavy atom. The Hall–Kier alpha value is -3.19. The van der Waals surface area contributed by atoms with Gasteiger partial charge in [-0.2, -0.15) is 0 Å². The van der Waals surface area contributed by atoms with E-state index in [2.05, 4.69) is 15.3 Å². The van der Waals surface area contributed by atoms with Gasteiger partial charge in [0.25, 0.3) is 0 Å². The predicted octanol–water partition coefficient (Wildman–Crippen LogP) is 4.74. The second-order valence-electron chi connectivity index (χ2n) is 6.26. The molecule has 0 saturated heterocycles. The molecule has 0 unspecified atom stereocenters. The smallest absolute Gasteiger partial charge is 0.360 e. The molecule has 0 radical (unpaired) electrons. The van der Waals surface area contributed by atoms with Crippen LogP contribution in [0.3, 0.4) is 0 Å². The molecular formula is C22H21N3O3S. The molecule has 0 aliphatic heterocycles. The van der Waals surface area contributed by atoms with Gasteiger partial charge in [0.15, 0.2) is 11.5 Å². The lowest BCUT2D eigenvalue weighted by atomic mass is 10.1. The van der Waals surface area contributed by atoms with E-state index < -0.39 is 5.97 Å². The number of ether oxygens (including phenoxy) is 1. The molecule has 0 aliphatic rings. The molecule has 0 aliphatic carbocycles. The fraction of sp³-hybridized carbons (Fsp3) is 0.182. The minimum atomic E-state index is -0.631. The van der Waals surface area contributed by atoms with E-state index in [0.717, 1.165) is 16.0 Å². The fourth-order valence-corrected chi connectivity index (χ4v) is 3.50. The number of aryl methyl sites for hydroxylation is 1. The Kier molecular flexibility index (Phi) is 6.61. The van der Waals surface area contributed by atoms with Crippen molar-refractivity contribution in [1.29, 1.82) is 0 Å².